The molecule has 0 saturated carbocycles. The third-order valence-electron chi connectivity index (χ3n) is 2.04. The Bertz CT molecular complexity index is 246. The first-order valence-corrected chi connectivity index (χ1v) is 4.37. The number of likely N-dealkylation sites (tertiary alicyclic amines) is 1. The summed E-state index contributed by atoms with van der Waals surface area (Å²) in [6.45, 7) is 0.953. The van der Waals surface area contributed by atoms with Gasteiger partial charge < -0.3 is 10.0 Å². The van der Waals surface area contributed by atoms with Gasteiger partial charge in [0, 0.05) is 26.1 Å². The number of amides is 1. The maximum atomic E-state index is 11.0. The van der Waals surface area contributed by atoms with Gasteiger partial charge in [0.15, 0.2) is 0 Å². The van der Waals surface area contributed by atoms with E-state index in [-0.39, 0.29) is 0 Å². The number of rotatable bonds is 1. The van der Waals surface area contributed by atoms with Crippen molar-refractivity contribution in [1.29, 1.82) is 0 Å². The second-order valence-electron chi connectivity index (χ2n) is 3.06. The van der Waals surface area contributed by atoms with Crippen LogP contribution in [-0.2, 0) is 4.79 Å². The average molecular weight is 182 g/mol. The van der Waals surface area contributed by atoms with Crippen molar-refractivity contribution in [3.8, 4) is 0 Å². The van der Waals surface area contributed by atoms with Crippen molar-refractivity contribution in [3.63, 3.8) is 0 Å². The van der Waals surface area contributed by atoms with Gasteiger partial charge in [0.1, 0.15) is 5.84 Å². The Labute approximate surface area is 77.6 Å². The zero-order chi connectivity index (χ0) is 9.68. The molecule has 1 heterocycles. The van der Waals surface area contributed by atoms with Crippen LogP contribution in [-0.4, -0.2) is 35.3 Å². The lowest BCUT2D eigenvalue weighted by molar-refractivity contribution is -0.113. The molecule has 0 aromatic heterocycles. The van der Waals surface area contributed by atoms with Gasteiger partial charge in [-0.15, -0.1) is 0 Å². The van der Waals surface area contributed by atoms with Gasteiger partial charge >= 0.3 is 0 Å². The zero-order valence-electron chi connectivity index (χ0n) is 7.73. The van der Waals surface area contributed by atoms with E-state index in [1.165, 1.54) is 0 Å². The van der Waals surface area contributed by atoms with Crippen LogP contribution in [0.2, 0.25) is 0 Å². The van der Waals surface area contributed by atoms with Crippen LogP contribution < -0.4 is 0 Å². The van der Waals surface area contributed by atoms with Gasteiger partial charge in [-0.1, -0.05) is 0 Å². The molecule has 4 heteroatoms. The topological polar surface area (TPSA) is 52.9 Å². The number of hydrogen-bond donors (Lipinski definition) is 1. The molecule has 1 rings (SSSR count). The average Bonchev–Trinajstić information content (AvgIpc) is 2.09. The smallest absolute Gasteiger partial charge is 0.274 e. The number of aliphatic hydroxyl groups excluding tert-OH is 1. The number of hydrogen-bond acceptors (Lipinski definition) is 2. The molecule has 0 aliphatic carbocycles. The maximum Gasteiger partial charge on any atom is 0.274 e. The molecular weight excluding hydrogens is 168 g/mol. The van der Waals surface area contributed by atoms with Crippen LogP contribution in [0.1, 0.15) is 19.3 Å². The second-order valence-corrected chi connectivity index (χ2v) is 3.06. The molecule has 0 bridgehead atoms. The summed E-state index contributed by atoms with van der Waals surface area (Å²) in [6, 6.07) is 0. The molecule has 1 aliphatic heterocycles. The van der Waals surface area contributed by atoms with E-state index in [1.807, 2.05) is 11.9 Å². The second kappa shape index (κ2) is 4.64. The lowest BCUT2D eigenvalue weighted by Crippen LogP contribution is -2.32. The van der Waals surface area contributed by atoms with E-state index in [0.29, 0.717) is 0 Å². The minimum Gasteiger partial charge on any atom is -0.515 e. The first kappa shape index (κ1) is 9.77. The molecular formula is C9H14N2O2. The molecule has 1 amide bonds. The van der Waals surface area contributed by atoms with E-state index < -0.39 is 5.91 Å². The normalized spacial score (nSPS) is 21.3. The lowest BCUT2D eigenvalue weighted by Gasteiger charge is -2.25. The lowest BCUT2D eigenvalue weighted by atomic mass is 10.1. The van der Waals surface area contributed by atoms with Crippen LogP contribution in [0.5, 0.6) is 0 Å². The quantitative estimate of drug-likeness (QED) is 0.488. The fourth-order valence-electron chi connectivity index (χ4n) is 1.32. The van der Waals surface area contributed by atoms with Crippen molar-refractivity contribution in [1.82, 2.24) is 4.90 Å². The van der Waals surface area contributed by atoms with E-state index in [1.54, 1.807) is 0 Å². The zero-order valence-corrected chi connectivity index (χ0v) is 7.73. The fourth-order valence-corrected chi connectivity index (χ4v) is 1.32. The monoisotopic (exact) mass is 182 g/mol. The van der Waals surface area contributed by atoms with Crippen LogP contribution in [0, 0.1) is 0 Å². The predicted octanol–water partition coefficient (Wildman–Crippen LogP) is 1.10. The van der Waals surface area contributed by atoms with Crippen molar-refractivity contribution >= 4 is 11.7 Å². The van der Waals surface area contributed by atoms with Crippen molar-refractivity contribution in [2.24, 2.45) is 4.99 Å². The van der Waals surface area contributed by atoms with Gasteiger partial charge in [-0.3, -0.25) is 4.79 Å². The molecule has 0 radical (unpaired) electrons. The Kier molecular flexibility index (Phi) is 3.49. The van der Waals surface area contributed by atoms with Gasteiger partial charge in [0.2, 0.25) is 0 Å². The summed E-state index contributed by atoms with van der Waals surface area (Å²) in [6.07, 6.45) is 4.85. The molecule has 0 atom stereocenters. The van der Waals surface area contributed by atoms with Crippen molar-refractivity contribution in [2.75, 3.05) is 13.6 Å². The third-order valence-corrected chi connectivity index (χ3v) is 2.04. The summed E-state index contributed by atoms with van der Waals surface area (Å²) in [7, 11) is 1.92. The molecule has 72 valence electrons. The standard InChI is InChI=1S/C9H14N2O2/c1-11-6-3-2-4-8(11)10-9(13)5-7-12/h5,7,12H,2-4,6H2,1H3. The summed E-state index contributed by atoms with van der Waals surface area (Å²) in [5.74, 6) is 0.417. The predicted molar refractivity (Wildman–Crippen MR) is 50.7 cm³/mol. The number of aliphatic imine (C=N–C) groups is 1. The van der Waals surface area contributed by atoms with Crippen LogP contribution in [0.25, 0.3) is 0 Å². The summed E-state index contributed by atoms with van der Waals surface area (Å²) >= 11 is 0. The molecule has 1 aliphatic rings. The van der Waals surface area contributed by atoms with Crippen LogP contribution in [0.3, 0.4) is 0 Å². The Morgan fingerprint density at radius 1 is 1.62 bits per heavy atom. The third kappa shape index (κ3) is 2.89. The number of aliphatic hydroxyl groups is 1. The summed E-state index contributed by atoms with van der Waals surface area (Å²) in [5, 5.41) is 8.35. The van der Waals surface area contributed by atoms with Gasteiger partial charge in [0.25, 0.3) is 5.91 Å². The number of carbonyl (C=O) groups is 1. The van der Waals surface area contributed by atoms with Crippen LogP contribution in [0.15, 0.2) is 17.3 Å². The first-order valence-electron chi connectivity index (χ1n) is 4.37. The summed E-state index contributed by atoms with van der Waals surface area (Å²) in [5.41, 5.74) is 0. The van der Waals surface area contributed by atoms with E-state index in [2.05, 4.69) is 4.99 Å². The fraction of sp³-hybridized carbons (Fsp3) is 0.556. The van der Waals surface area contributed by atoms with Crippen molar-refractivity contribution in [3.05, 3.63) is 12.3 Å². The van der Waals surface area contributed by atoms with Crippen LogP contribution >= 0.6 is 0 Å². The number of piperidine rings is 1. The highest BCUT2D eigenvalue weighted by Crippen LogP contribution is 2.09. The van der Waals surface area contributed by atoms with Gasteiger partial charge in [0.05, 0.1) is 6.26 Å². The molecule has 1 fully saturated rings. The minimum absolute atomic E-state index is 0.397. The SMILES string of the molecule is CN1CCCCC1=NC(=O)C=CO. The summed E-state index contributed by atoms with van der Waals surface area (Å²) < 4.78 is 0. The summed E-state index contributed by atoms with van der Waals surface area (Å²) in [4.78, 5) is 16.8. The maximum absolute atomic E-state index is 11.0. The Morgan fingerprint density at radius 2 is 2.38 bits per heavy atom. The largest absolute Gasteiger partial charge is 0.515 e. The molecule has 0 spiro atoms. The molecule has 0 aromatic carbocycles. The van der Waals surface area contributed by atoms with Crippen molar-refractivity contribution in [2.45, 2.75) is 19.3 Å². The highest BCUT2D eigenvalue weighted by atomic mass is 16.2. The van der Waals surface area contributed by atoms with Crippen LogP contribution in [0.4, 0.5) is 0 Å². The molecule has 4 nitrogen and oxygen atoms in total. The van der Waals surface area contributed by atoms with Gasteiger partial charge in [-0.25, -0.2) is 0 Å². The molecule has 0 aromatic rings. The molecule has 1 saturated heterocycles. The Hall–Kier alpha value is -1.32. The highest BCUT2D eigenvalue weighted by Gasteiger charge is 2.12. The van der Waals surface area contributed by atoms with Gasteiger partial charge in [-0.05, 0) is 12.8 Å². The highest BCUT2D eigenvalue weighted by molar-refractivity contribution is 5.99. The molecule has 13 heavy (non-hydrogen) atoms. The molecule has 0 unspecified atom stereocenters. The number of nitrogens with zero attached hydrogens (tertiary/aromatic N) is 2. The Balaban J connectivity index is 2.62. The first-order chi connectivity index (χ1) is 6.24. The number of amidine groups is 1. The minimum atomic E-state index is -0.397. The van der Waals surface area contributed by atoms with Crippen molar-refractivity contribution < 1.29 is 9.90 Å². The Morgan fingerprint density at radius 3 is 3.00 bits per heavy atom. The molecule has 1 N–H and O–H groups in total. The van der Waals surface area contributed by atoms with E-state index in [4.69, 9.17) is 5.11 Å². The number of carbonyl (C=O) groups excluding carboxylic acids is 1. The van der Waals surface area contributed by atoms with E-state index in [0.717, 1.165) is 44.0 Å². The van der Waals surface area contributed by atoms with E-state index in [9.17, 15) is 4.79 Å². The van der Waals surface area contributed by atoms with Gasteiger partial charge in [-0.2, -0.15) is 4.99 Å². The van der Waals surface area contributed by atoms with E-state index >= 15 is 0 Å².